The Morgan fingerprint density at radius 1 is 1.14 bits per heavy atom. The molecule has 0 radical (unpaired) electrons. The predicted molar refractivity (Wildman–Crippen MR) is 102 cm³/mol. The van der Waals surface area contributed by atoms with Crippen LogP contribution in [-0.4, -0.2) is 15.3 Å². The molecule has 0 aliphatic carbocycles. The van der Waals surface area contributed by atoms with Gasteiger partial charge in [0.05, 0.1) is 17.8 Å². The number of aromatic nitrogens is 2. The van der Waals surface area contributed by atoms with E-state index in [1.807, 2.05) is 24.3 Å². The largest absolute Gasteiger partial charge is 0.417 e. The van der Waals surface area contributed by atoms with Crippen LogP contribution in [0.4, 0.5) is 13.2 Å². The molecule has 1 N–H and O–H groups in total. The third-order valence-corrected chi connectivity index (χ3v) is 4.30. The van der Waals surface area contributed by atoms with E-state index in [4.69, 9.17) is 0 Å². The Labute approximate surface area is 160 Å². The van der Waals surface area contributed by atoms with Crippen LogP contribution in [0.25, 0.3) is 11.7 Å². The number of pyridine rings is 1. The normalized spacial score (nSPS) is 12.2. The van der Waals surface area contributed by atoms with Crippen molar-refractivity contribution < 1.29 is 18.0 Å². The number of benzene rings is 1. The van der Waals surface area contributed by atoms with Crippen molar-refractivity contribution in [2.75, 3.05) is 0 Å². The SMILES string of the molecule is CC(C)c1ccc(/C=C/C(=O)NCc2cn3cc(C(F)(F)F)ccc3n2)cc1. The molecule has 0 unspecified atom stereocenters. The van der Waals surface area contributed by atoms with Crippen LogP contribution < -0.4 is 5.32 Å². The molecular formula is C21H20F3N3O. The quantitative estimate of drug-likeness (QED) is 0.639. The number of carbonyl (C=O) groups is 1. The highest BCUT2D eigenvalue weighted by molar-refractivity contribution is 5.91. The molecule has 0 saturated carbocycles. The topological polar surface area (TPSA) is 46.4 Å². The molecule has 0 atom stereocenters. The van der Waals surface area contributed by atoms with E-state index < -0.39 is 11.7 Å². The molecule has 2 heterocycles. The van der Waals surface area contributed by atoms with Gasteiger partial charge in [0, 0.05) is 18.5 Å². The molecule has 1 amide bonds. The van der Waals surface area contributed by atoms with Crippen LogP contribution in [0.5, 0.6) is 0 Å². The molecule has 3 aromatic rings. The molecule has 2 aromatic heterocycles. The van der Waals surface area contributed by atoms with Crippen molar-refractivity contribution in [2.45, 2.75) is 32.5 Å². The van der Waals surface area contributed by atoms with Gasteiger partial charge in [0.15, 0.2) is 0 Å². The predicted octanol–water partition coefficient (Wildman–Crippen LogP) is 4.81. The fourth-order valence-electron chi connectivity index (χ4n) is 2.70. The first kappa shape index (κ1) is 19.7. The monoisotopic (exact) mass is 387 g/mol. The first-order valence-electron chi connectivity index (χ1n) is 8.83. The molecule has 0 bridgehead atoms. The molecule has 0 saturated heterocycles. The Bertz CT molecular complexity index is 1000. The number of alkyl halides is 3. The van der Waals surface area contributed by atoms with Gasteiger partial charge in [-0.05, 0) is 35.3 Å². The van der Waals surface area contributed by atoms with Crippen LogP contribution in [0, 0.1) is 0 Å². The van der Waals surface area contributed by atoms with Gasteiger partial charge in [-0.15, -0.1) is 0 Å². The second-order valence-corrected chi connectivity index (χ2v) is 6.79. The van der Waals surface area contributed by atoms with E-state index in [1.165, 1.54) is 28.3 Å². The summed E-state index contributed by atoms with van der Waals surface area (Å²) in [5, 5.41) is 2.68. The number of halogens is 3. The van der Waals surface area contributed by atoms with Gasteiger partial charge in [0.2, 0.25) is 5.91 Å². The summed E-state index contributed by atoms with van der Waals surface area (Å²) in [6.07, 6.45) is 1.17. The van der Waals surface area contributed by atoms with E-state index in [9.17, 15) is 18.0 Å². The molecule has 0 aliphatic heterocycles. The maximum Gasteiger partial charge on any atom is 0.417 e. The van der Waals surface area contributed by atoms with Crippen molar-refractivity contribution in [3.63, 3.8) is 0 Å². The zero-order valence-electron chi connectivity index (χ0n) is 15.5. The van der Waals surface area contributed by atoms with Crippen molar-refractivity contribution in [1.82, 2.24) is 14.7 Å². The van der Waals surface area contributed by atoms with Gasteiger partial charge in [-0.2, -0.15) is 13.2 Å². The summed E-state index contributed by atoms with van der Waals surface area (Å²) in [7, 11) is 0. The van der Waals surface area contributed by atoms with Crippen molar-refractivity contribution in [3.05, 3.63) is 77.3 Å². The van der Waals surface area contributed by atoms with E-state index in [0.29, 0.717) is 17.3 Å². The molecule has 0 fully saturated rings. The standard InChI is InChI=1S/C21H20F3N3O/c1-14(2)16-6-3-15(4-7-16)5-10-20(28)25-11-18-13-27-12-17(21(22,23)24)8-9-19(27)26-18/h3-10,12-14H,11H2,1-2H3,(H,25,28)/b10-5+. The Balaban J connectivity index is 1.61. The van der Waals surface area contributed by atoms with Crippen LogP contribution in [0.1, 0.15) is 42.1 Å². The Hall–Kier alpha value is -3.09. The molecule has 1 aromatic carbocycles. The number of nitrogens with zero attached hydrogens (tertiary/aromatic N) is 2. The Morgan fingerprint density at radius 3 is 2.50 bits per heavy atom. The van der Waals surface area contributed by atoms with E-state index >= 15 is 0 Å². The lowest BCUT2D eigenvalue weighted by Crippen LogP contribution is -2.20. The van der Waals surface area contributed by atoms with Crippen LogP contribution in [-0.2, 0) is 17.5 Å². The summed E-state index contributed by atoms with van der Waals surface area (Å²) in [5.74, 6) is 0.139. The summed E-state index contributed by atoms with van der Waals surface area (Å²) in [6.45, 7) is 4.35. The van der Waals surface area contributed by atoms with E-state index in [0.717, 1.165) is 17.8 Å². The maximum atomic E-state index is 12.8. The number of fused-ring (bicyclic) bond motifs is 1. The molecule has 28 heavy (non-hydrogen) atoms. The number of rotatable bonds is 5. The van der Waals surface area contributed by atoms with Gasteiger partial charge in [-0.25, -0.2) is 4.98 Å². The summed E-state index contributed by atoms with van der Waals surface area (Å²) >= 11 is 0. The Morgan fingerprint density at radius 2 is 1.86 bits per heavy atom. The van der Waals surface area contributed by atoms with Crippen LogP contribution in [0.15, 0.2) is 54.9 Å². The van der Waals surface area contributed by atoms with Gasteiger partial charge in [-0.3, -0.25) is 4.79 Å². The first-order valence-corrected chi connectivity index (χ1v) is 8.83. The lowest BCUT2D eigenvalue weighted by atomic mass is 10.0. The van der Waals surface area contributed by atoms with Crippen molar-refractivity contribution >= 4 is 17.6 Å². The third kappa shape index (κ3) is 4.79. The number of nitrogens with one attached hydrogen (secondary N) is 1. The average molecular weight is 387 g/mol. The van der Waals surface area contributed by atoms with Gasteiger partial charge in [-0.1, -0.05) is 38.1 Å². The fourth-order valence-corrected chi connectivity index (χ4v) is 2.70. The summed E-state index contributed by atoms with van der Waals surface area (Å²) in [4.78, 5) is 16.2. The number of hydrogen-bond donors (Lipinski definition) is 1. The number of carbonyl (C=O) groups excluding carboxylic acids is 1. The fraction of sp³-hybridized carbons (Fsp3) is 0.238. The highest BCUT2D eigenvalue weighted by Gasteiger charge is 2.30. The molecule has 0 aliphatic rings. The van der Waals surface area contributed by atoms with Crippen LogP contribution in [0.2, 0.25) is 0 Å². The zero-order chi connectivity index (χ0) is 20.3. The summed E-state index contributed by atoms with van der Waals surface area (Å²) < 4.78 is 39.6. The maximum absolute atomic E-state index is 12.8. The van der Waals surface area contributed by atoms with E-state index in [2.05, 4.69) is 24.1 Å². The highest BCUT2D eigenvalue weighted by Crippen LogP contribution is 2.29. The number of amides is 1. The van der Waals surface area contributed by atoms with E-state index in [-0.39, 0.29) is 12.5 Å². The molecule has 146 valence electrons. The minimum Gasteiger partial charge on any atom is -0.347 e. The highest BCUT2D eigenvalue weighted by atomic mass is 19.4. The van der Waals surface area contributed by atoms with Gasteiger partial charge in [0.25, 0.3) is 0 Å². The van der Waals surface area contributed by atoms with Crippen molar-refractivity contribution in [1.29, 1.82) is 0 Å². The summed E-state index contributed by atoms with van der Waals surface area (Å²) in [6, 6.07) is 10.2. The van der Waals surface area contributed by atoms with Crippen LogP contribution in [0.3, 0.4) is 0 Å². The van der Waals surface area contributed by atoms with Gasteiger partial charge >= 0.3 is 6.18 Å². The van der Waals surface area contributed by atoms with E-state index in [1.54, 1.807) is 6.08 Å². The van der Waals surface area contributed by atoms with Crippen molar-refractivity contribution in [3.8, 4) is 0 Å². The lowest BCUT2D eigenvalue weighted by Gasteiger charge is -2.05. The summed E-state index contributed by atoms with van der Waals surface area (Å²) in [5.41, 5.74) is 2.24. The lowest BCUT2D eigenvalue weighted by molar-refractivity contribution is -0.137. The van der Waals surface area contributed by atoms with Crippen molar-refractivity contribution in [2.24, 2.45) is 0 Å². The molecular weight excluding hydrogens is 367 g/mol. The van der Waals surface area contributed by atoms with Crippen LogP contribution >= 0.6 is 0 Å². The minimum absolute atomic E-state index is 0.124. The molecule has 4 nitrogen and oxygen atoms in total. The molecule has 3 rings (SSSR count). The first-order chi connectivity index (χ1) is 13.2. The third-order valence-electron chi connectivity index (χ3n) is 4.30. The smallest absolute Gasteiger partial charge is 0.347 e. The zero-order valence-corrected chi connectivity index (χ0v) is 15.5. The number of imidazole rings is 1. The second-order valence-electron chi connectivity index (χ2n) is 6.79. The minimum atomic E-state index is -4.41. The van der Waals surface area contributed by atoms with Gasteiger partial charge < -0.3 is 9.72 Å². The van der Waals surface area contributed by atoms with Gasteiger partial charge in [0.1, 0.15) is 5.65 Å². The number of hydrogen-bond acceptors (Lipinski definition) is 2. The second kappa shape index (κ2) is 7.88. The Kier molecular flexibility index (Phi) is 5.53. The average Bonchev–Trinajstić information content (AvgIpc) is 3.06. The molecule has 0 spiro atoms. The molecule has 7 heteroatoms.